The number of hydrogen-bond acceptors (Lipinski definition) is 2. The third-order valence-corrected chi connectivity index (χ3v) is 3.14. The predicted octanol–water partition coefficient (Wildman–Crippen LogP) is 3.46. The van der Waals surface area contributed by atoms with Crippen LogP contribution in [0.15, 0.2) is 18.2 Å². The van der Waals surface area contributed by atoms with E-state index >= 15 is 0 Å². The van der Waals surface area contributed by atoms with Crippen molar-refractivity contribution in [1.29, 1.82) is 0 Å². The topological polar surface area (TPSA) is 37.3 Å². The van der Waals surface area contributed by atoms with Crippen LogP contribution in [-0.2, 0) is 10.8 Å². The lowest BCUT2D eigenvalue weighted by atomic mass is 9.78. The Kier molecular flexibility index (Phi) is 4.02. The molecule has 0 aliphatic carbocycles. The van der Waals surface area contributed by atoms with Gasteiger partial charge >= 0.3 is 0 Å². The molecule has 0 heterocycles. The van der Waals surface area contributed by atoms with Crippen LogP contribution in [0, 0.1) is 0 Å². The van der Waals surface area contributed by atoms with Gasteiger partial charge in [-0.05, 0) is 22.0 Å². The van der Waals surface area contributed by atoms with Crippen LogP contribution in [0.2, 0.25) is 0 Å². The Hall–Kier alpha value is -1.15. The predicted molar refractivity (Wildman–Crippen MR) is 75.3 cm³/mol. The quantitative estimate of drug-likeness (QED) is 0.814. The first-order chi connectivity index (χ1) is 8.07. The van der Waals surface area contributed by atoms with E-state index in [1.165, 1.54) is 5.56 Å². The summed E-state index contributed by atoms with van der Waals surface area (Å²) in [4.78, 5) is 11.8. The van der Waals surface area contributed by atoms with Crippen molar-refractivity contribution in [3.63, 3.8) is 0 Å². The minimum Gasteiger partial charge on any atom is -0.388 e. The molecule has 0 saturated carbocycles. The number of aliphatic hydroxyl groups is 1. The molecule has 0 amide bonds. The molecule has 0 spiro atoms. The normalized spacial score (nSPS) is 12.6. The summed E-state index contributed by atoms with van der Waals surface area (Å²) < 4.78 is 0. The lowest BCUT2D eigenvalue weighted by Gasteiger charge is -2.27. The molecule has 0 aliphatic heterocycles. The van der Waals surface area contributed by atoms with Crippen LogP contribution in [-0.4, -0.2) is 17.5 Å². The fourth-order valence-corrected chi connectivity index (χ4v) is 1.96. The number of rotatable bonds is 2. The van der Waals surface area contributed by atoms with Crippen molar-refractivity contribution in [1.82, 2.24) is 0 Å². The van der Waals surface area contributed by atoms with Gasteiger partial charge in [0.2, 0.25) is 0 Å². The Bertz CT molecular complexity index is 445. The summed E-state index contributed by atoms with van der Waals surface area (Å²) in [5.74, 6) is -0.208. The van der Waals surface area contributed by atoms with Crippen LogP contribution in [0.3, 0.4) is 0 Å². The second-order valence-corrected chi connectivity index (χ2v) is 6.84. The lowest BCUT2D eigenvalue weighted by molar-refractivity contribution is 0.0901. The molecule has 100 valence electrons. The van der Waals surface area contributed by atoms with Gasteiger partial charge in [-0.25, -0.2) is 0 Å². The van der Waals surface area contributed by atoms with Gasteiger partial charge < -0.3 is 5.11 Å². The Morgan fingerprint density at radius 1 is 1.06 bits per heavy atom. The molecule has 0 aromatic heterocycles. The van der Waals surface area contributed by atoms with E-state index in [0.717, 1.165) is 5.56 Å². The molecule has 2 heteroatoms. The summed E-state index contributed by atoms with van der Waals surface area (Å²) in [6.45, 7) is 12.3. The Morgan fingerprint density at radius 3 is 2.00 bits per heavy atom. The highest BCUT2D eigenvalue weighted by Crippen LogP contribution is 2.31. The van der Waals surface area contributed by atoms with Gasteiger partial charge in [-0.15, -0.1) is 0 Å². The average Bonchev–Trinajstić information content (AvgIpc) is 2.24. The molecular formula is C16H24O2. The standard InChI is InChI=1S/C16H24O2/c1-15(2,3)11-7-8-12(14(18)10-17)13(9-11)16(4,5)6/h7-9,17H,10H2,1-6H3. The minimum atomic E-state index is -0.433. The molecule has 0 atom stereocenters. The Balaban J connectivity index is 3.44. The van der Waals surface area contributed by atoms with E-state index in [0.29, 0.717) is 5.56 Å². The summed E-state index contributed by atoms with van der Waals surface area (Å²) in [7, 11) is 0. The zero-order valence-corrected chi connectivity index (χ0v) is 12.3. The van der Waals surface area contributed by atoms with Crippen LogP contribution >= 0.6 is 0 Å². The van der Waals surface area contributed by atoms with Gasteiger partial charge in [0.15, 0.2) is 5.78 Å². The second-order valence-electron chi connectivity index (χ2n) is 6.84. The maximum Gasteiger partial charge on any atom is 0.188 e. The average molecular weight is 248 g/mol. The maximum absolute atomic E-state index is 11.8. The highest BCUT2D eigenvalue weighted by atomic mass is 16.3. The van der Waals surface area contributed by atoms with Gasteiger partial charge in [-0.2, -0.15) is 0 Å². The van der Waals surface area contributed by atoms with Crippen molar-refractivity contribution >= 4 is 5.78 Å². The first kappa shape index (κ1) is 14.9. The van der Waals surface area contributed by atoms with E-state index in [1.807, 2.05) is 12.1 Å². The van der Waals surface area contributed by atoms with E-state index in [4.69, 9.17) is 5.11 Å². The smallest absolute Gasteiger partial charge is 0.188 e. The van der Waals surface area contributed by atoms with E-state index < -0.39 is 6.61 Å². The Labute approximate surface area is 110 Å². The van der Waals surface area contributed by atoms with E-state index in [-0.39, 0.29) is 16.6 Å². The number of Topliss-reactive ketones (excluding diaryl/α,β-unsaturated/α-hetero) is 1. The Morgan fingerprint density at radius 2 is 1.61 bits per heavy atom. The van der Waals surface area contributed by atoms with E-state index in [2.05, 4.69) is 47.6 Å². The molecule has 0 bridgehead atoms. The number of ketones is 1. The summed E-state index contributed by atoms with van der Waals surface area (Å²) in [5.41, 5.74) is 2.80. The zero-order valence-electron chi connectivity index (χ0n) is 12.3. The van der Waals surface area contributed by atoms with Crippen LogP contribution in [0.4, 0.5) is 0 Å². The number of aliphatic hydroxyl groups excluding tert-OH is 1. The van der Waals surface area contributed by atoms with E-state index in [9.17, 15) is 4.79 Å². The first-order valence-electron chi connectivity index (χ1n) is 6.36. The molecule has 1 aromatic carbocycles. The van der Waals surface area contributed by atoms with Crippen molar-refractivity contribution in [2.24, 2.45) is 0 Å². The molecular weight excluding hydrogens is 224 g/mol. The third-order valence-electron chi connectivity index (χ3n) is 3.14. The van der Waals surface area contributed by atoms with Crippen molar-refractivity contribution in [2.45, 2.75) is 52.4 Å². The molecule has 2 nitrogen and oxygen atoms in total. The summed E-state index contributed by atoms with van der Waals surface area (Å²) in [6.07, 6.45) is 0. The third kappa shape index (κ3) is 3.20. The largest absolute Gasteiger partial charge is 0.388 e. The van der Waals surface area contributed by atoms with Gasteiger partial charge in [0.25, 0.3) is 0 Å². The molecule has 0 unspecified atom stereocenters. The zero-order chi connectivity index (χ0) is 14.1. The molecule has 0 radical (unpaired) electrons. The van der Waals surface area contributed by atoms with Gasteiger partial charge in [-0.1, -0.05) is 59.7 Å². The van der Waals surface area contributed by atoms with Gasteiger partial charge in [0.1, 0.15) is 6.61 Å². The van der Waals surface area contributed by atoms with Gasteiger partial charge in [0.05, 0.1) is 0 Å². The molecule has 0 fully saturated rings. The molecule has 0 saturated heterocycles. The number of benzene rings is 1. The van der Waals surface area contributed by atoms with Gasteiger partial charge in [-0.3, -0.25) is 4.79 Å². The monoisotopic (exact) mass is 248 g/mol. The fourth-order valence-electron chi connectivity index (χ4n) is 1.96. The molecule has 1 N–H and O–H groups in total. The van der Waals surface area contributed by atoms with Crippen LogP contribution in [0.5, 0.6) is 0 Å². The van der Waals surface area contributed by atoms with E-state index in [1.54, 1.807) is 0 Å². The van der Waals surface area contributed by atoms with Crippen molar-refractivity contribution in [3.8, 4) is 0 Å². The van der Waals surface area contributed by atoms with Gasteiger partial charge in [0, 0.05) is 5.56 Å². The highest BCUT2D eigenvalue weighted by Gasteiger charge is 2.24. The summed E-state index contributed by atoms with van der Waals surface area (Å²) in [5, 5.41) is 9.06. The van der Waals surface area contributed by atoms with Crippen molar-refractivity contribution < 1.29 is 9.90 Å². The van der Waals surface area contributed by atoms with Crippen LogP contribution in [0.1, 0.15) is 63.0 Å². The highest BCUT2D eigenvalue weighted by molar-refractivity contribution is 5.98. The maximum atomic E-state index is 11.8. The minimum absolute atomic E-state index is 0.0563. The number of hydrogen-bond donors (Lipinski definition) is 1. The fraction of sp³-hybridized carbons (Fsp3) is 0.562. The molecule has 18 heavy (non-hydrogen) atoms. The van der Waals surface area contributed by atoms with Crippen LogP contribution < -0.4 is 0 Å². The molecule has 1 rings (SSSR count). The summed E-state index contributed by atoms with van der Waals surface area (Å²) >= 11 is 0. The second kappa shape index (κ2) is 4.85. The van der Waals surface area contributed by atoms with Crippen molar-refractivity contribution in [3.05, 3.63) is 34.9 Å². The SMILES string of the molecule is CC(C)(C)c1ccc(C(=O)CO)c(C(C)(C)C)c1. The number of carbonyl (C=O) groups is 1. The molecule has 0 aliphatic rings. The molecule has 1 aromatic rings. The summed E-state index contributed by atoms with van der Waals surface area (Å²) in [6, 6.07) is 5.93. The number of carbonyl (C=O) groups excluding carboxylic acids is 1. The van der Waals surface area contributed by atoms with Crippen LogP contribution in [0.25, 0.3) is 0 Å². The van der Waals surface area contributed by atoms with Crippen molar-refractivity contribution in [2.75, 3.05) is 6.61 Å². The first-order valence-corrected chi connectivity index (χ1v) is 6.36. The lowest BCUT2D eigenvalue weighted by Crippen LogP contribution is -2.21.